The molecule has 1 aliphatic rings. The Morgan fingerprint density at radius 2 is 2.20 bits per heavy atom. The fourth-order valence-corrected chi connectivity index (χ4v) is 3.24. The molecule has 2 rings (SSSR count). The Balaban J connectivity index is 1.81. The number of aromatic nitrogens is 3. The first-order chi connectivity index (χ1) is 9.61. The lowest BCUT2D eigenvalue weighted by Gasteiger charge is -2.29. The summed E-state index contributed by atoms with van der Waals surface area (Å²) in [5, 5.41) is 11.7. The Kier molecular flexibility index (Phi) is 5.28. The number of carbonyl (C=O) groups is 1. The molecule has 1 amide bonds. The number of amides is 1. The third-order valence-corrected chi connectivity index (χ3v) is 4.78. The molecular formula is C13H23N5OS. The minimum absolute atomic E-state index is 0.0507. The van der Waals surface area contributed by atoms with Crippen molar-refractivity contribution >= 4 is 17.7 Å². The lowest BCUT2D eigenvalue weighted by atomic mass is 9.86. The lowest BCUT2D eigenvalue weighted by Crippen LogP contribution is -2.41. The van der Waals surface area contributed by atoms with Gasteiger partial charge in [0.25, 0.3) is 0 Å². The van der Waals surface area contributed by atoms with Crippen molar-refractivity contribution in [3.05, 3.63) is 5.82 Å². The zero-order valence-electron chi connectivity index (χ0n) is 12.1. The standard InChI is InChI=1S/C13H23N5OS/c1-3-11-16-17-13(18(11)14)20-8-12(19)15-10-7-5-4-6-9(10)2/h9-10H,3-8,14H2,1-2H3,(H,15,19)/t9-,10+/m0/s1. The number of nitrogens with one attached hydrogen (secondary N) is 1. The average Bonchev–Trinajstić information content (AvgIpc) is 2.79. The van der Waals surface area contributed by atoms with Crippen LogP contribution < -0.4 is 11.2 Å². The Bertz CT molecular complexity index is 462. The van der Waals surface area contributed by atoms with E-state index >= 15 is 0 Å². The van der Waals surface area contributed by atoms with Crippen molar-refractivity contribution in [3.8, 4) is 0 Å². The highest BCUT2D eigenvalue weighted by atomic mass is 32.2. The van der Waals surface area contributed by atoms with Gasteiger partial charge in [-0.05, 0) is 18.8 Å². The van der Waals surface area contributed by atoms with Gasteiger partial charge in [0.2, 0.25) is 11.1 Å². The molecule has 0 aliphatic heterocycles. The van der Waals surface area contributed by atoms with Gasteiger partial charge in [-0.2, -0.15) is 0 Å². The van der Waals surface area contributed by atoms with Crippen LogP contribution in [0.3, 0.4) is 0 Å². The van der Waals surface area contributed by atoms with E-state index in [0.717, 1.165) is 18.7 Å². The van der Waals surface area contributed by atoms with Crippen molar-refractivity contribution in [1.82, 2.24) is 20.2 Å². The molecule has 1 aromatic heterocycles. The van der Waals surface area contributed by atoms with Crippen LogP contribution >= 0.6 is 11.8 Å². The first-order valence-corrected chi connectivity index (χ1v) is 8.22. The molecule has 3 N–H and O–H groups in total. The second-order valence-corrected chi connectivity index (χ2v) is 6.29. The monoisotopic (exact) mass is 297 g/mol. The number of nitrogen functional groups attached to an aromatic ring is 1. The molecule has 0 unspecified atom stereocenters. The summed E-state index contributed by atoms with van der Waals surface area (Å²) in [6, 6.07) is 0.318. The second kappa shape index (κ2) is 6.97. The van der Waals surface area contributed by atoms with Gasteiger partial charge in [0.1, 0.15) is 0 Å². The molecule has 20 heavy (non-hydrogen) atoms. The van der Waals surface area contributed by atoms with E-state index < -0.39 is 0 Å². The van der Waals surface area contributed by atoms with Gasteiger partial charge in [0, 0.05) is 12.5 Å². The van der Waals surface area contributed by atoms with Crippen LogP contribution in [-0.4, -0.2) is 32.6 Å². The van der Waals surface area contributed by atoms with Crippen molar-refractivity contribution in [2.75, 3.05) is 11.6 Å². The van der Waals surface area contributed by atoms with Gasteiger partial charge in [0.15, 0.2) is 5.82 Å². The quantitative estimate of drug-likeness (QED) is 0.633. The number of nitrogens with two attached hydrogens (primary N) is 1. The maximum Gasteiger partial charge on any atom is 0.230 e. The summed E-state index contributed by atoms with van der Waals surface area (Å²) < 4.78 is 1.46. The maximum absolute atomic E-state index is 12.0. The molecule has 112 valence electrons. The smallest absolute Gasteiger partial charge is 0.230 e. The van der Waals surface area contributed by atoms with Gasteiger partial charge in [0.05, 0.1) is 5.75 Å². The molecular weight excluding hydrogens is 274 g/mol. The molecule has 0 spiro atoms. The van der Waals surface area contributed by atoms with Gasteiger partial charge >= 0.3 is 0 Å². The Morgan fingerprint density at radius 3 is 2.85 bits per heavy atom. The number of hydrogen-bond acceptors (Lipinski definition) is 5. The van der Waals surface area contributed by atoms with E-state index in [1.54, 1.807) is 0 Å². The van der Waals surface area contributed by atoms with E-state index in [2.05, 4.69) is 22.4 Å². The lowest BCUT2D eigenvalue weighted by molar-refractivity contribution is -0.119. The topological polar surface area (TPSA) is 85.8 Å². The highest BCUT2D eigenvalue weighted by Crippen LogP contribution is 2.24. The molecule has 1 aliphatic carbocycles. The molecule has 2 atom stereocenters. The summed E-state index contributed by atoms with van der Waals surface area (Å²) in [4.78, 5) is 12.0. The van der Waals surface area contributed by atoms with E-state index in [4.69, 9.17) is 5.84 Å². The van der Waals surface area contributed by atoms with Gasteiger partial charge in [-0.25, -0.2) is 4.68 Å². The molecule has 0 bridgehead atoms. The van der Waals surface area contributed by atoms with Crippen LogP contribution in [0.2, 0.25) is 0 Å². The minimum atomic E-state index is 0.0507. The summed E-state index contributed by atoms with van der Waals surface area (Å²) in [6.45, 7) is 4.18. The summed E-state index contributed by atoms with van der Waals surface area (Å²) in [7, 11) is 0. The number of thioether (sulfide) groups is 1. The number of aryl methyl sites for hydroxylation is 1. The summed E-state index contributed by atoms with van der Waals surface area (Å²) >= 11 is 1.33. The van der Waals surface area contributed by atoms with E-state index in [9.17, 15) is 4.79 Å². The third kappa shape index (κ3) is 3.65. The van der Waals surface area contributed by atoms with Crippen LogP contribution in [0.4, 0.5) is 0 Å². The summed E-state index contributed by atoms with van der Waals surface area (Å²) in [5.74, 6) is 7.53. The predicted octanol–water partition coefficient (Wildman–Crippen LogP) is 1.34. The van der Waals surface area contributed by atoms with Crippen LogP contribution in [0.5, 0.6) is 0 Å². The van der Waals surface area contributed by atoms with Crippen molar-refractivity contribution in [3.63, 3.8) is 0 Å². The van der Waals surface area contributed by atoms with Gasteiger partial charge in [-0.3, -0.25) is 4.79 Å². The summed E-state index contributed by atoms with van der Waals surface area (Å²) in [6.07, 6.45) is 5.51. The highest BCUT2D eigenvalue weighted by Gasteiger charge is 2.23. The first kappa shape index (κ1) is 15.2. The van der Waals surface area contributed by atoms with Gasteiger partial charge < -0.3 is 11.2 Å². The Hall–Kier alpha value is -1.24. The molecule has 1 fully saturated rings. The Morgan fingerprint density at radius 1 is 1.45 bits per heavy atom. The van der Waals surface area contributed by atoms with Crippen molar-refractivity contribution in [2.24, 2.45) is 5.92 Å². The minimum Gasteiger partial charge on any atom is -0.352 e. The van der Waals surface area contributed by atoms with Crippen LogP contribution in [-0.2, 0) is 11.2 Å². The molecule has 7 heteroatoms. The number of carbonyl (C=O) groups excluding carboxylic acids is 1. The third-order valence-electron chi connectivity index (χ3n) is 3.84. The van der Waals surface area contributed by atoms with E-state index in [1.807, 2.05) is 6.92 Å². The molecule has 0 saturated heterocycles. The van der Waals surface area contributed by atoms with Crippen molar-refractivity contribution in [2.45, 2.75) is 57.1 Å². The fourth-order valence-electron chi connectivity index (χ4n) is 2.56. The molecule has 0 aromatic carbocycles. The normalized spacial score (nSPS) is 22.7. The SMILES string of the molecule is CCc1nnc(SCC(=O)N[C@@H]2CCCC[C@@H]2C)n1N. The molecule has 1 heterocycles. The van der Waals surface area contributed by atoms with Crippen LogP contribution in [0, 0.1) is 5.92 Å². The maximum atomic E-state index is 12.0. The van der Waals surface area contributed by atoms with E-state index in [1.165, 1.54) is 35.7 Å². The Labute approximate surface area is 123 Å². The summed E-state index contributed by atoms with van der Waals surface area (Å²) in [5.41, 5.74) is 0. The molecule has 1 saturated carbocycles. The van der Waals surface area contributed by atoms with Crippen LogP contribution in [0.25, 0.3) is 0 Å². The average molecular weight is 297 g/mol. The van der Waals surface area contributed by atoms with Crippen molar-refractivity contribution < 1.29 is 4.79 Å². The zero-order valence-corrected chi connectivity index (χ0v) is 12.9. The zero-order chi connectivity index (χ0) is 14.5. The predicted molar refractivity (Wildman–Crippen MR) is 79.8 cm³/mol. The molecule has 1 aromatic rings. The first-order valence-electron chi connectivity index (χ1n) is 7.23. The second-order valence-electron chi connectivity index (χ2n) is 5.35. The number of hydrogen-bond donors (Lipinski definition) is 2. The fraction of sp³-hybridized carbons (Fsp3) is 0.769. The number of nitrogens with zero attached hydrogens (tertiary/aromatic N) is 3. The van der Waals surface area contributed by atoms with E-state index in [0.29, 0.717) is 22.9 Å². The van der Waals surface area contributed by atoms with Gasteiger partial charge in [-0.1, -0.05) is 38.5 Å². The highest BCUT2D eigenvalue weighted by molar-refractivity contribution is 7.99. The van der Waals surface area contributed by atoms with Crippen LogP contribution in [0.15, 0.2) is 5.16 Å². The molecule has 6 nitrogen and oxygen atoms in total. The van der Waals surface area contributed by atoms with E-state index in [-0.39, 0.29) is 5.91 Å². The van der Waals surface area contributed by atoms with Crippen molar-refractivity contribution in [1.29, 1.82) is 0 Å². The van der Waals surface area contributed by atoms with Gasteiger partial charge in [-0.15, -0.1) is 10.2 Å². The number of rotatable bonds is 5. The van der Waals surface area contributed by atoms with Crippen LogP contribution in [0.1, 0.15) is 45.4 Å². The largest absolute Gasteiger partial charge is 0.352 e. The molecule has 0 radical (unpaired) electrons.